The van der Waals surface area contributed by atoms with Gasteiger partial charge in [0.15, 0.2) is 23.0 Å². The molecule has 0 radical (unpaired) electrons. The van der Waals surface area contributed by atoms with Crippen molar-refractivity contribution in [2.75, 3.05) is 73.5 Å². The van der Waals surface area contributed by atoms with E-state index in [2.05, 4.69) is 77.1 Å². The number of carbonyl (C=O) groups excluding carboxylic acids is 7. The molecule has 1 fully saturated rings. The van der Waals surface area contributed by atoms with E-state index in [1.807, 2.05) is 0 Å². The molecule has 1 saturated heterocycles. The largest absolute Gasteiger partial charge is 0.508 e. The van der Waals surface area contributed by atoms with Crippen molar-refractivity contribution in [3.8, 4) is 80.1 Å². The normalized spacial score (nSPS) is 20.7. The van der Waals surface area contributed by atoms with Gasteiger partial charge >= 0.3 is 0 Å². The lowest BCUT2D eigenvalue weighted by molar-refractivity contribution is -0.914. The van der Waals surface area contributed by atoms with Crippen LogP contribution in [0.15, 0.2) is 109 Å². The SMILES string of the molecule is CCCCCCCCCC[N+](C)(C)CCCNC(=O)[C@H]1NC(=O)[C@H]2NC(=O)[C@H](NC(=O)[C@@H]3NC(=O)[C@H]4NC(=O)[C@@H](Cc5ccc(c(Cl)c5)Oc5cc3cc(c5O)Oc3ccc(cc3Cl)[C@H]2O)NC(=O)[C@H](N)c2ccc(O)c(c2)Oc2cc(O)cc4c2)c2ccc(O)c(c2)-c2c1cc(O)c(CN1CC[N+](C)(CCCCCCCCCC)CC1)c2O. The Kier molecular flexibility index (Phi) is 28.8. The number of aliphatic hydroxyl groups is 1. The number of nitrogens with one attached hydrogen (secondary N) is 7. The van der Waals surface area contributed by atoms with Gasteiger partial charge in [-0.15, -0.1) is 0 Å². The number of halogens is 2. The number of rotatable bonds is 25. The summed E-state index contributed by atoms with van der Waals surface area (Å²) >= 11 is 14.1. The second-order valence-corrected chi connectivity index (χ2v) is 33.9. The standard InChI is InChI=1S/C89H109Cl2N11O17/c1-6-8-10-12-14-16-18-20-34-101(3,4)35-22-31-93-85(112)78-60-49-67(106)61(50-100-32-37-102(5,38-33-100)36-21-19-17-15-13-11-9-7-2)81(108)73(60)59-43-53(25-27-65(59)104)75-86(113)99-79(89(116)98-78)80(107)54-26-30-69(63(91)44-54)119-72-47-56-46-71(82(72)109)118-68-29-23-51(39-62(68)90)40-64-83(110)95-76(87(114)97-77(56)88(115)96-75)55-41-57(103)48-58(42-55)117-70-45-52(24-28-66(70)105)74(92)84(111)94-64/h23-30,39,41-49,64,74-80,107H,6-22,31-38,40,50,92H2,1-5H3,(H11-2,93,94,95,96,97,98,99,103,104,105,106,108,109,110,111,112,113,114,115,116)/p+2/t64-,74-,75-,76+,77-,78+,79+,80-/m1/s1. The molecule has 7 heterocycles. The fourth-order valence-corrected chi connectivity index (χ4v) is 16.8. The zero-order valence-corrected chi connectivity index (χ0v) is 69.5. The number of fused-ring (bicyclic) bond motifs is 14. The first-order chi connectivity index (χ1) is 57.0. The lowest BCUT2D eigenvalue weighted by Crippen LogP contribution is -2.57. The quantitative estimate of drug-likeness (QED) is 0.0187. The van der Waals surface area contributed by atoms with E-state index in [-0.39, 0.29) is 103 Å². The first-order valence-corrected chi connectivity index (χ1v) is 42.2. The van der Waals surface area contributed by atoms with Crippen LogP contribution < -0.4 is 57.2 Å². The number of phenolic OH excluding ortho intramolecular Hbond substituents is 6. The van der Waals surface area contributed by atoms with Crippen LogP contribution in [-0.2, 0) is 46.5 Å². The Bertz CT molecular complexity index is 4900. The second kappa shape index (κ2) is 39.1. The van der Waals surface area contributed by atoms with Gasteiger partial charge in [-0.1, -0.05) is 138 Å². The van der Waals surface area contributed by atoms with Crippen molar-refractivity contribution in [3.05, 3.63) is 164 Å². The van der Waals surface area contributed by atoms with Crippen molar-refractivity contribution < 1.29 is 92.5 Å². The number of nitrogens with zero attached hydrogens (tertiary/aromatic N) is 3. The lowest BCUT2D eigenvalue weighted by Gasteiger charge is -2.42. The van der Waals surface area contributed by atoms with Gasteiger partial charge in [-0.3, -0.25) is 38.5 Å². The molecule has 7 aliphatic rings. The number of quaternary nitrogens is 2. The van der Waals surface area contributed by atoms with Crippen molar-refractivity contribution in [1.29, 1.82) is 0 Å². The number of hydrogen-bond donors (Lipinski definition) is 15. The summed E-state index contributed by atoms with van der Waals surface area (Å²) < 4.78 is 20.3. The number of nitrogens with two attached hydrogens (primary N) is 1. The molecule has 7 aromatic rings. The number of piperazine rings is 1. The smallest absolute Gasteiger partial charge is 0.248 e. The highest BCUT2D eigenvalue weighted by molar-refractivity contribution is 6.32. The molecule has 8 atom stereocenters. The minimum atomic E-state index is -2.17. The highest BCUT2D eigenvalue weighted by Crippen LogP contribution is 2.50. The Morgan fingerprint density at radius 3 is 1.73 bits per heavy atom. The minimum Gasteiger partial charge on any atom is -0.508 e. The van der Waals surface area contributed by atoms with Gasteiger partial charge in [0.05, 0.1) is 69.5 Å². The summed E-state index contributed by atoms with van der Waals surface area (Å²) in [5, 5.41) is 105. The molecular formula is C89H111Cl2N11O17+2. The molecule has 636 valence electrons. The van der Waals surface area contributed by atoms with Gasteiger partial charge in [0.1, 0.15) is 88.6 Å². The van der Waals surface area contributed by atoms with E-state index >= 15 is 28.8 Å². The number of unbranched alkanes of at least 4 members (excludes halogenated alkanes) is 14. The fourth-order valence-electron chi connectivity index (χ4n) is 16.3. The highest BCUT2D eigenvalue weighted by atomic mass is 35.5. The molecule has 16 N–H and O–H groups in total. The number of aliphatic hydroxyl groups excluding tert-OH is 1. The Morgan fingerprint density at radius 1 is 0.529 bits per heavy atom. The summed E-state index contributed by atoms with van der Waals surface area (Å²) in [6.45, 7) is 9.58. The summed E-state index contributed by atoms with van der Waals surface area (Å²) in [4.78, 5) is 111. The minimum absolute atomic E-state index is 0.00762. The van der Waals surface area contributed by atoms with Gasteiger partial charge in [-0.2, -0.15) is 0 Å². The Hall–Kier alpha value is -10.6. The molecule has 28 nitrogen and oxygen atoms in total. The average Bonchev–Trinajstić information content (AvgIpc) is 0.796. The van der Waals surface area contributed by atoms with Crippen molar-refractivity contribution in [3.63, 3.8) is 0 Å². The van der Waals surface area contributed by atoms with Crippen LogP contribution in [0.1, 0.15) is 204 Å². The van der Waals surface area contributed by atoms with E-state index in [1.165, 1.54) is 156 Å². The molecule has 0 unspecified atom stereocenters. The van der Waals surface area contributed by atoms with Crippen LogP contribution in [-0.4, -0.2) is 177 Å². The van der Waals surface area contributed by atoms with Crippen LogP contribution in [0.4, 0.5) is 0 Å². The maximum absolute atomic E-state index is 16.4. The summed E-state index contributed by atoms with van der Waals surface area (Å²) in [5.41, 5.74) is 5.38. The van der Waals surface area contributed by atoms with Crippen LogP contribution in [0.2, 0.25) is 10.0 Å². The third-order valence-electron chi connectivity index (χ3n) is 23.4. The lowest BCUT2D eigenvalue weighted by atomic mass is 9.87. The molecular weight excluding hydrogens is 1570 g/mol. The van der Waals surface area contributed by atoms with Gasteiger partial charge in [0.25, 0.3) is 0 Å². The highest BCUT2D eigenvalue weighted by Gasteiger charge is 2.43. The molecule has 30 heteroatoms. The van der Waals surface area contributed by atoms with E-state index in [4.69, 9.17) is 43.1 Å². The molecule has 17 bridgehead atoms. The van der Waals surface area contributed by atoms with Crippen molar-refractivity contribution in [2.24, 2.45) is 5.73 Å². The molecule has 119 heavy (non-hydrogen) atoms. The van der Waals surface area contributed by atoms with Crippen LogP contribution in [0.3, 0.4) is 0 Å². The summed E-state index contributed by atoms with van der Waals surface area (Å²) in [6, 6.07) is 9.23. The molecule has 7 aliphatic heterocycles. The fraction of sp³-hybridized carbons (Fsp3) is 0.449. The summed E-state index contributed by atoms with van der Waals surface area (Å²) in [6.07, 6.45) is 16.8. The Labute approximate surface area is 702 Å². The van der Waals surface area contributed by atoms with E-state index in [0.29, 0.717) is 36.1 Å². The third-order valence-corrected chi connectivity index (χ3v) is 24.0. The van der Waals surface area contributed by atoms with Crippen LogP contribution in [0.25, 0.3) is 11.1 Å². The molecule has 14 rings (SSSR count). The summed E-state index contributed by atoms with van der Waals surface area (Å²) in [7, 11) is 6.47. The molecule has 7 aromatic carbocycles. The second-order valence-electron chi connectivity index (χ2n) is 33.1. The van der Waals surface area contributed by atoms with Crippen molar-refractivity contribution in [2.45, 2.75) is 184 Å². The average molecular weight is 1680 g/mol. The van der Waals surface area contributed by atoms with Crippen molar-refractivity contribution in [1.82, 2.24) is 42.1 Å². The number of carbonyl (C=O) groups is 7. The van der Waals surface area contributed by atoms with Crippen molar-refractivity contribution >= 4 is 64.6 Å². The van der Waals surface area contributed by atoms with Crippen LogP contribution >= 0.6 is 23.2 Å². The van der Waals surface area contributed by atoms with E-state index in [0.717, 1.165) is 87.0 Å². The first-order valence-electron chi connectivity index (χ1n) is 41.5. The van der Waals surface area contributed by atoms with Gasteiger partial charge in [-0.05, 0) is 143 Å². The Morgan fingerprint density at radius 2 is 1.08 bits per heavy atom. The number of aromatic hydroxyl groups is 6. The number of likely N-dealkylation sites (N-methyl/N-ethyl adjacent to an activating group) is 1. The van der Waals surface area contributed by atoms with Gasteiger partial charge < -0.3 is 102 Å². The topological polar surface area (TPSA) is 402 Å². The monoisotopic (exact) mass is 1680 g/mol. The molecule has 7 amide bonds. The zero-order chi connectivity index (χ0) is 85.0. The van der Waals surface area contributed by atoms with E-state index < -0.39 is 136 Å². The maximum Gasteiger partial charge on any atom is 0.248 e. The molecule has 0 saturated carbocycles. The predicted molar refractivity (Wildman–Crippen MR) is 448 cm³/mol. The van der Waals surface area contributed by atoms with Crippen LogP contribution in [0.5, 0.6) is 69.0 Å². The number of ether oxygens (including phenoxy) is 3. The summed E-state index contributed by atoms with van der Waals surface area (Å²) in [5.74, 6) is -12.9. The van der Waals surface area contributed by atoms with Crippen LogP contribution in [0, 0.1) is 0 Å². The number of benzene rings is 7. The third kappa shape index (κ3) is 21.5. The number of hydrogen-bond acceptors (Lipinski definition) is 19. The van der Waals surface area contributed by atoms with E-state index in [9.17, 15) is 40.5 Å². The van der Waals surface area contributed by atoms with E-state index in [1.54, 1.807) is 0 Å². The zero-order valence-electron chi connectivity index (χ0n) is 68.0. The predicted octanol–water partition coefficient (Wildman–Crippen LogP) is 12.0. The number of phenols is 6. The number of amides is 7. The molecule has 0 spiro atoms. The van der Waals surface area contributed by atoms with Gasteiger partial charge in [-0.25, -0.2) is 0 Å². The Balaban J connectivity index is 0.978. The molecule has 0 aliphatic carbocycles. The van der Waals surface area contributed by atoms with Gasteiger partial charge in [0, 0.05) is 56.2 Å². The maximum atomic E-state index is 16.4. The van der Waals surface area contributed by atoms with Gasteiger partial charge in [0.2, 0.25) is 47.1 Å². The molecule has 0 aromatic heterocycles. The first kappa shape index (κ1) is 87.7.